The van der Waals surface area contributed by atoms with Crippen LogP contribution >= 0.6 is 0 Å². The maximum atomic E-state index is 13.0. The highest BCUT2D eigenvalue weighted by Gasteiger charge is 2.28. The van der Waals surface area contributed by atoms with Gasteiger partial charge in [-0.05, 0) is 67.4 Å². The molecule has 7 heteroatoms. The first-order valence-electron chi connectivity index (χ1n) is 9.22. The van der Waals surface area contributed by atoms with E-state index in [-0.39, 0.29) is 11.2 Å². The first-order chi connectivity index (χ1) is 14.3. The van der Waals surface area contributed by atoms with Gasteiger partial charge in [-0.15, -0.1) is 0 Å². The Balaban J connectivity index is 1.80. The van der Waals surface area contributed by atoms with E-state index in [0.29, 0.717) is 33.7 Å². The molecule has 0 saturated heterocycles. The van der Waals surface area contributed by atoms with Crippen LogP contribution in [0.1, 0.15) is 25.0 Å². The minimum Gasteiger partial charge on any atom is -0.483 e. The fourth-order valence-corrected chi connectivity index (χ4v) is 3.44. The van der Waals surface area contributed by atoms with Gasteiger partial charge in [0.25, 0.3) is 11.2 Å². The van der Waals surface area contributed by atoms with Crippen LogP contribution in [0, 0.1) is 21.4 Å². The fraction of sp³-hybridized carbons (Fsp3) is 0.130. The predicted molar refractivity (Wildman–Crippen MR) is 112 cm³/mol. The maximum absolute atomic E-state index is 13.0. The highest BCUT2D eigenvalue weighted by Crippen LogP contribution is 2.37. The Labute approximate surface area is 172 Å². The Bertz CT molecular complexity index is 1300. The quantitative estimate of drug-likeness (QED) is 0.481. The van der Waals surface area contributed by atoms with Gasteiger partial charge in [0.2, 0.25) is 0 Å². The number of non-ortho nitro benzene ring substituents is 1. The van der Waals surface area contributed by atoms with Gasteiger partial charge in [-0.25, -0.2) is 0 Å². The van der Waals surface area contributed by atoms with Crippen LogP contribution < -0.4 is 10.3 Å². The summed E-state index contributed by atoms with van der Waals surface area (Å²) in [5.41, 5.74) is 2.24. The topological polar surface area (TPSA) is 98.2 Å². The number of benzene rings is 2. The summed E-state index contributed by atoms with van der Waals surface area (Å²) in [4.78, 5) is 23.3. The third-order valence-electron chi connectivity index (χ3n) is 4.83. The molecule has 1 aliphatic heterocycles. The molecule has 0 radical (unpaired) electrons. The summed E-state index contributed by atoms with van der Waals surface area (Å²) in [6, 6.07) is 16.5. The molecular weight excluding hydrogens is 382 g/mol. The molecule has 1 aromatic heterocycles. The number of nitro groups is 1. The Morgan fingerprint density at radius 1 is 1.07 bits per heavy atom. The smallest absolute Gasteiger partial charge is 0.269 e. The van der Waals surface area contributed by atoms with Crippen LogP contribution in [0.3, 0.4) is 0 Å². The molecule has 148 valence electrons. The maximum Gasteiger partial charge on any atom is 0.269 e. The van der Waals surface area contributed by atoms with Crippen LogP contribution in [0.15, 0.2) is 71.7 Å². The summed E-state index contributed by atoms with van der Waals surface area (Å²) in [6.07, 6.45) is 3.51. The van der Waals surface area contributed by atoms with Gasteiger partial charge in [0.05, 0.1) is 22.3 Å². The number of rotatable bonds is 3. The number of ether oxygens (including phenoxy) is 1. The van der Waals surface area contributed by atoms with Crippen molar-refractivity contribution in [1.29, 1.82) is 5.26 Å². The lowest BCUT2D eigenvalue weighted by atomic mass is 9.97. The van der Waals surface area contributed by atoms with E-state index in [1.54, 1.807) is 42.6 Å². The molecule has 2 heterocycles. The minimum atomic E-state index is -0.632. The van der Waals surface area contributed by atoms with Crippen LogP contribution in [0.5, 0.6) is 5.75 Å². The lowest BCUT2D eigenvalue weighted by Gasteiger charge is -2.31. The van der Waals surface area contributed by atoms with Crippen molar-refractivity contribution in [3.63, 3.8) is 0 Å². The van der Waals surface area contributed by atoms with Crippen LogP contribution in [0.25, 0.3) is 16.8 Å². The number of nitrogens with zero attached hydrogens (tertiary/aromatic N) is 3. The van der Waals surface area contributed by atoms with Gasteiger partial charge in [0.1, 0.15) is 11.4 Å². The average molecular weight is 399 g/mol. The Morgan fingerprint density at radius 3 is 2.43 bits per heavy atom. The molecule has 3 aromatic rings. The minimum absolute atomic E-state index is 0.00779. The van der Waals surface area contributed by atoms with Crippen LogP contribution in [0.4, 0.5) is 5.69 Å². The first-order valence-corrected chi connectivity index (χ1v) is 9.22. The van der Waals surface area contributed by atoms with Crippen LogP contribution in [-0.4, -0.2) is 15.1 Å². The SMILES string of the molecule is CC1(C)C=C(n2ccc(-c3ccc([N+](=O)[O-])cc3)cc2=O)c2cc(C#N)ccc2O1. The standard InChI is InChI=1S/C23H17N3O4/c1-23(2)13-20(19-11-15(14-24)3-8-21(19)30-23)25-10-9-17(12-22(25)27)16-4-6-18(7-5-16)26(28)29/h3-13H,1-2H3. The molecule has 0 spiro atoms. The molecule has 1 aliphatic rings. The van der Waals surface area contributed by atoms with Gasteiger partial charge in [0.15, 0.2) is 0 Å². The van der Waals surface area contributed by atoms with E-state index in [4.69, 9.17) is 4.74 Å². The highest BCUT2D eigenvalue weighted by molar-refractivity contribution is 5.75. The van der Waals surface area contributed by atoms with Crippen molar-refractivity contribution >= 4 is 11.4 Å². The van der Waals surface area contributed by atoms with Gasteiger partial charge >= 0.3 is 0 Å². The molecule has 7 nitrogen and oxygen atoms in total. The zero-order chi connectivity index (χ0) is 21.5. The van der Waals surface area contributed by atoms with E-state index >= 15 is 0 Å². The normalized spacial score (nSPS) is 14.1. The molecule has 0 saturated carbocycles. The summed E-state index contributed by atoms with van der Waals surface area (Å²) in [6.45, 7) is 3.79. The second kappa shape index (κ2) is 7.01. The van der Waals surface area contributed by atoms with Gasteiger partial charge in [-0.1, -0.05) is 0 Å². The molecule has 0 amide bonds. The van der Waals surface area contributed by atoms with Crippen LogP contribution in [0.2, 0.25) is 0 Å². The lowest BCUT2D eigenvalue weighted by Crippen LogP contribution is -2.32. The van der Waals surface area contributed by atoms with Gasteiger partial charge in [0, 0.05) is 30.0 Å². The average Bonchev–Trinajstić information content (AvgIpc) is 2.72. The molecule has 0 atom stereocenters. The summed E-state index contributed by atoms with van der Waals surface area (Å²) in [5.74, 6) is 0.600. The van der Waals surface area contributed by atoms with Gasteiger partial charge < -0.3 is 4.74 Å². The van der Waals surface area contributed by atoms with E-state index in [2.05, 4.69) is 6.07 Å². The van der Waals surface area contributed by atoms with E-state index in [0.717, 1.165) is 0 Å². The second-order valence-electron chi connectivity index (χ2n) is 7.49. The lowest BCUT2D eigenvalue weighted by molar-refractivity contribution is -0.384. The van der Waals surface area contributed by atoms with E-state index in [9.17, 15) is 20.2 Å². The fourth-order valence-electron chi connectivity index (χ4n) is 3.44. The Hall–Kier alpha value is -4.18. The van der Waals surface area contributed by atoms with Crippen molar-refractivity contribution < 1.29 is 9.66 Å². The number of aromatic nitrogens is 1. The van der Waals surface area contributed by atoms with E-state index < -0.39 is 10.5 Å². The van der Waals surface area contributed by atoms with E-state index in [1.165, 1.54) is 22.8 Å². The number of nitriles is 1. The molecule has 30 heavy (non-hydrogen) atoms. The highest BCUT2D eigenvalue weighted by atomic mass is 16.6. The second-order valence-corrected chi connectivity index (χ2v) is 7.49. The Morgan fingerprint density at radius 2 is 1.80 bits per heavy atom. The summed E-state index contributed by atoms with van der Waals surface area (Å²) < 4.78 is 7.49. The molecule has 0 unspecified atom stereocenters. The summed E-state index contributed by atoms with van der Waals surface area (Å²) in [5, 5.41) is 20.1. The molecule has 0 N–H and O–H groups in total. The van der Waals surface area contributed by atoms with Crippen molar-refractivity contribution in [2.24, 2.45) is 0 Å². The van der Waals surface area contributed by atoms with Crippen molar-refractivity contribution in [3.8, 4) is 22.9 Å². The number of nitro benzene ring substituents is 1. The van der Waals surface area contributed by atoms with Crippen molar-refractivity contribution in [2.75, 3.05) is 0 Å². The third-order valence-corrected chi connectivity index (χ3v) is 4.83. The van der Waals surface area contributed by atoms with Gasteiger partial charge in [-0.2, -0.15) is 5.26 Å². The number of hydrogen-bond donors (Lipinski definition) is 0. The largest absolute Gasteiger partial charge is 0.483 e. The molecule has 0 fully saturated rings. The zero-order valence-electron chi connectivity index (χ0n) is 16.3. The third kappa shape index (κ3) is 3.47. The predicted octanol–water partition coefficient (Wildman–Crippen LogP) is 4.36. The molecule has 0 bridgehead atoms. The summed E-state index contributed by atoms with van der Waals surface area (Å²) >= 11 is 0. The van der Waals surface area contributed by atoms with E-state index in [1.807, 2.05) is 19.9 Å². The molecule has 2 aromatic carbocycles. The number of fused-ring (bicyclic) bond motifs is 1. The van der Waals surface area contributed by atoms with Crippen molar-refractivity contribution in [1.82, 2.24) is 4.57 Å². The molecular formula is C23H17N3O4. The number of hydrogen-bond acceptors (Lipinski definition) is 5. The number of pyridine rings is 1. The van der Waals surface area contributed by atoms with Crippen LogP contribution in [-0.2, 0) is 0 Å². The monoisotopic (exact) mass is 399 g/mol. The first kappa shape index (κ1) is 19.2. The van der Waals surface area contributed by atoms with Crippen molar-refractivity contribution in [3.05, 3.63) is 98.5 Å². The zero-order valence-corrected chi connectivity index (χ0v) is 16.3. The van der Waals surface area contributed by atoms with Crippen molar-refractivity contribution in [2.45, 2.75) is 19.4 Å². The molecule has 4 rings (SSSR count). The summed E-state index contributed by atoms with van der Waals surface area (Å²) in [7, 11) is 0. The molecule has 0 aliphatic carbocycles. The Kier molecular flexibility index (Phi) is 4.47. The van der Waals surface area contributed by atoms with Gasteiger partial charge in [-0.3, -0.25) is 19.5 Å².